The van der Waals surface area contributed by atoms with E-state index in [1.165, 1.54) is 0 Å². The van der Waals surface area contributed by atoms with E-state index in [2.05, 4.69) is 10.3 Å². The lowest BCUT2D eigenvalue weighted by atomic mass is 10.3. The zero-order valence-electron chi connectivity index (χ0n) is 13.6. The third kappa shape index (κ3) is 3.77. The molecule has 0 aliphatic heterocycles. The van der Waals surface area contributed by atoms with Crippen molar-refractivity contribution in [1.29, 1.82) is 0 Å². The minimum Gasteiger partial charge on any atom is -0.484 e. The van der Waals surface area contributed by atoms with Crippen molar-refractivity contribution in [3.8, 4) is 5.75 Å². The Balaban J connectivity index is 1.80. The molecule has 25 heavy (non-hydrogen) atoms. The fraction of sp³-hybridized carbons (Fsp3) is 0.167. The Kier molecular flexibility index (Phi) is 4.94. The number of nitrogens with zero attached hydrogens (tertiary/aromatic N) is 2. The number of aromatic nitrogens is 2. The molecule has 0 saturated heterocycles. The highest BCUT2D eigenvalue weighted by Gasteiger charge is 2.21. The number of amides is 1. The van der Waals surface area contributed by atoms with Gasteiger partial charge < -0.3 is 14.8 Å². The normalized spacial score (nSPS) is 10.4. The summed E-state index contributed by atoms with van der Waals surface area (Å²) in [6, 6.07) is 14.3. The van der Waals surface area contributed by atoms with Crippen molar-refractivity contribution < 1.29 is 19.1 Å². The first-order chi connectivity index (χ1) is 12.2. The lowest BCUT2D eigenvalue weighted by molar-refractivity contribution is -0.118. The molecule has 0 spiro atoms. The van der Waals surface area contributed by atoms with Crippen LogP contribution in [0, 0.1) is 0 Å². The molecule has 0 fully saturated rings. The van der Waals surface area contributed by atoms with Gasteiger partial charge in [0, 0.05) is 6.20 Å². The Hall–Kier alpha value is -3.35. The van der Waals surface area contributed by atoms with Gasteiger partial charge in [0.2, 0.25) is 0 Å². The van der Waals surface area contributed by atoms with E-state index in [4.69, 9.17) is 9.47 Å². The van der Waals surface area contributed by atoms with Gasteiger partial charge >= 0.3 is 5.97 Å². The van der Waals surface area contributed by atoms with E-state index >= 15 is 0 Å². The maximum atomic E-state index is 12.2. The molecule has 1 amide bonds. The minimum atomic E-state index is -0.592. The van der Waals surface area contributed by atoms with Crippen LogP contribution in [0.25, 0.3) is 5.65 Å². The van der Waals surface area contributed by atoms with Crippen LogP contribution >= 0.6 is 0 Å². The molecule has 1 aromatic carbocycles. The van der Waals surface area contributed by atoms with Gasteiger partial charge in [-0.25, -0.2) is 9.78 Å². The number of pyridine rings is 1. The maximum absolute atomic E-state index is 12.2. The number of hydrogen-bond donors (Lipinski definition) is 1. The van der Waals surface area contributed by atoms with Crippen molar-refractivity contribution in [3.63, 3.8) is 0 Å². The third-order valence-electron chi connectivity index (χ3n) is 3.37. The van der Waals surface area contributed by atoms with Gasteiger partial charge in [0.25, 0.3) is 5.91 Å². The number of ether oxygens (including phenoxy) is 2. The van der Waals surface area contributed by atoms with E-state index in [9.17, 15) is 9.59 Å². The smallest absolute Gasteiger partial charge is 0.360 e. The maximum Gasteiger partial charge on any atom is 0.360 e. The van der Waals surface area contributed by atoms with Gasteiger partial charge in [0.05, 0.1) is 6.61 Å². The number of imidazole rings is 1. The van der Waals surface area contributed by atoms with Gasteiger partial charge in [-0.05, 0) is 31.2 Å². The van der Waals surface area contributed by atoms with Crippen LogP contribution in [-0.4, -0.2) is 34.5 Å². The summed E-state index contributed by atoms with van der Waals surface area (Å²) < 4.78 is 12.0. The van der Waals surface area contributed by atoms with Gasteiger partial charge in [-0.15, -0.1) is 0 Å². The van der Waals surface area contributed by atoms with E-state index in [-0.39, 0.29) is 24.7 Å². The number of carbonyl (C=O) groups is 2. The van der Waals surface area contributed by atoms with E-state index in [0.717, 1.165) is 0 Å². The predicted octanol–water partition coefficient (Wildman–Crippen LogP) is 2.53. The summed E-state index contributed by atoms with van der Waals surface area (Å²) in [5, 5.41) is 2.68. The van der Waals surface area contributed by atoms with Crippen LogP contribution in [0.15, 0.2) is 54.7 Å². The summed E-state index contributed by atoms with van der Waals surface area (Å²) >= 11 is 0. The Morgan fingerprint density at radius 1 is 1.12 bits per heavy atom. The highest BCUT2D eigenvalue weighted by atomic mass is 16.5. The quantitative estimate of drug-likeness (QED) is 0.698. The first kappa shape index (κ1) is 16.5. The molecule has 7 heteroatoms. The molecule has 0 unspecified atom stereocenters. The van der Waals surface area contributed by atoms with Gasteiger partial charge in [0.1, 0.15) is 11.4 Å². The second-order valence-electron chi connectivity index (χ2n) is 5.11. The Morgan fingerprint density at radius 3 is 2.64 bits per heavy atom. The first-order valence-electron chi connectivity index (χ1n) is 7.81. The Morgan fingerprint density at radius 2 is 1.88 bits per heavy atom. The number of esters is 1. The molecule has 0 aliphatic carbocycles. The van der Waals surface area contributed by atoms with Crippen molar-refractivity contribution in [2.75, 3.05) is 18.5 Å². The molecule has 2 heterocycles. The number of rotatable bonds is 6. The van der Waals surface area contributed by atoms with Crippen molar-refractivity contribution >= 4 is 23.3 Å². The van der Waals surface area contributed by atoms with Crippen molar-refractivity contribution in [1.82, 2.24) is 9.38 Å². The van der Waals surface area contributed by atoms with Crippen molar-refractivity contribution in [2.45, 2.75) is 6.92 Å². The van der Waals surface area contributed by atoms with Crippen LogP contribution in [0.1, 0.15) is 17.4 Å². The second kappa shape index (κ2) is 7.48. The average Bonchev–Trinajstić information content (AvgIpc) is 3.00. The monoisotopic (exact) mass is 339 g/mol. The van der Waals surface area contributed by atoms with Crippen LogP contribution in [0.5, 0.6) is 5.75 Å². The molecule has 0 aliphatic rings. The summed E-state index contributed by atoms with van der Waals surface area (Å²) in [5.41, 5.74) is 0.589. The van der Waals surface area contributed by atoms with Crippen LogP contribution in [0.2, 0.25) is 0 Å². The SMILES string of the molecule is CCOC(=O)c1nc2ccccn2c1NC(=O)COc1ccccc1. The van der Waals surface area contributed by atoms with Gasteiger partial charge in [-0.1, -0.05) is 24.3 Å². The molecular weight excluding hydrogens is 322 g/mol. The number of hydrogen-bond acceptors (Lipinski definition) is 5. The van der Waals surface area contributed by atoms with Crippen LogP contribution < -0.4 is 10.1 Å². The molecule has 0 radical (unpaired) electrons. The van der Waals surface area contributed by atoms with Gasteiger partial charge in [-0.3, -0.25) is 9.20 Å². The summed E-state index contributed by atoms with van der Waals surface area (Å²) in [5.74, 6) is -0.150. The molecule has 0 atom stereocenters. The zero-order chi connectivity index (χ0) is 17.6. The standard InChI is InChI=1S/C18H17N3O4/c1-2-24-18(23)16-17(21-11-7-6-10-14(21)19-16)20-15(22)12-25-13-8-4-3-5-9-13/h3-11H,2,12H2,1H3,(H,20,22). The largest absolute Gasteiger partial charge is 0.484 e. The number of anilines is 1. The molecule has 0 bridgehead atoms. The van der Waals surface area contributed by atoms with Crippen LogP contribution in [0.3, 0.4) is 0 Å². The highest BCUT2D eigenvalue weighted by molar-refractivity contribution is 6.00. The number of para-hydroxylation sites is 1. The first-order valence-corrected chi connectivity index (χ1v) is 7.81. The molecule has 1 N–H and O–H groups in total. The zero-order valence-corrected chi connectivity index (χ0v) is 13.6. The van der Waals surface area contributed by atoms with Gasteiger partial charge in [-0.2, -0.15) is 0 Å². The average molecular weight is 339 g/mol. The highest BCUT2D eigenvalue weighted by Crippen LogP contribution is 2.19. The minimum absolute atomic E-state index is 0.0566. The Bertz CT molecular complexity index is 890. The molecular formula is C18H17N3O4. The van der Waals surface area contributed by atoms with E-state index in [1.54, 1.807) is 47.9 Å². The third-order valence-corrected chi connectivity index (χ3v) is 3.37. The second-order valence-corrected chi connectivity index (χ2v) is 5.11. The summed E-state index contributed by atoms with van der Waals surface area (Å²) in [6.45, 7) is 1.74. The molecule has 7 nitrogen and oxygen atoms in total. The summed E-state index contributed by atoms with van der Waals surface area (Å²) in [4.78, 5) is 28.6. The molecule has 128 valence electrons. The number of carbonyl (C=O) groups excluding carboxylic acids is 2. The molecule has 3 rings (SSSR count). The summed E-state index contributed by atoms with van der Waals surface area (Å²) in [7, 11) is 0. The lowest BCUT2D eigenvalue weighted by Crippen LogP contribution is -2.22. The van der Waals surface area contributed by atoms with Gasteiger partial charge in [0.15, 0.2) is 18.1 Å². The Labute approximate surface area is 144 Å². The molecule has 0 saturated carbocycles. The lowest BCUT2D eigenvalue weighted by Gasteiger charge is -2.08. The number of benzene rings is 1. The fourth-order valence-electron chi connectivity index (χ4n) is 2.29. The van der Waals surface area contributed by atoms with E-state index < -0.39 is 11.9 Å². The van der Waals surface area contributed by atoms with Crippen LogP contribution in [-0.2, 0) is 9.53 Å². The van der Waals surface area contributed by atoms with E-state index in [1.807, 2.05) is 18.2 Å². The fourth-order valence-corrected chi connectivity index (χ4v) is 2.29. The van der Waals surface area contributed by atoms with Crippen LogP contribution in [0.4, 0.5) is 5.82 Å². The van der Waals surface area contributed by atoms with Crippen molar-refractivity contribution in [3.05, 3.63) is 60.4 Å². The summed E-state index contributed by atoms with van der Waals surface area (Å²) in [6.07, 6.45) is 1.71. The number of nitrogens with one attached hydrogen (secondary N) is 1. The van der Waals surface area contributed by atoms with E-state index in [0.29, 0.717) is 11.4 Å². The molecule has 2 aromatic heterocycles. The predicted molar refractivity (Wildman–Crippen MR) is 91.7 cm³/mol. The number of fused-ring (bicyclic) bond motifs is 1. The van der Waals surface area contributed by atoms with Crippen molar-refractivity contribution in [2.24, 2.45) is 0 Å². The topological polar surface area (TPSA) is 81.9 Å². The molecule has 3 aromatic rings.